The zero-order valence-electron chi connectivity index (χ0n) is 11.6. The van der Waals surface area contributed by atoms with Gasteiger partial charge in [-0.1, -0.05) is 0 Å². The number of nitrogens with one attached hydrogen (secondary N) is 1. The maximum absolute atomic E-state index is 12.1. The van der Waals surface area contributed by atoms with Crippen molar-refractivity contribution in [2.45, 2.75) is 32.2 Å². The molecule has 3 heterocycles. The average Bonchev–Trinajstić information content (AvgIpc) is 3.00. The van der Waals surface area contributed by atoms with Gasteiger partial charge < -0.3 is 14.8 Å². The highest BCUT2D eigenvalue weighted by Gasteiger charge is 2.27. The number of aromatic nitrogens is 2. The molecule has 0 aliphatic carbocycles. The fraction of sp³-hybridized carbons (Fsp3) is 0.643. The molecule has 1 aromatic heterocycles. The topological polar surface area (TPSA) is 73.3 Å². The standard InChI is InChI=1S/C14H19N3O3/c1-2-20-14(18)12-10-7-15-5-3-11(10)16-13(17-12)9-4-6-19-8-9/h9,15H,2-8H2,1H3. The summed E-state index contributed by atoms with van der Waals surface area (Å²) in [4.78, 5) is 21.3. The first-order valence-electron chi connectivity index (χ1n) is 7.15. The number of carbonyl (C=O) groups is 1. The number of ether oxygens (including phenoxy) is 2. The van der Waals surface area contributed by atoms with Gasteiger partial charge in [-0.05, 0) is 13.3 Å². The molecule has 0 spiro atoms. The molecule has 1 atom stereocenters. The summed E-state index contributed by atoms with van der Waals surface area (Å²) >= 11 is 0. The number of carbonyl (C=O) groups excluding carboxylic acids is 1. The second-order valence-corrected chi connectivity index (χ2v) is 5.06. The molecule has 0 saturated carbocycles. The van der Waals surface area contributed by atoms with Gasteiger partial charge in [0.15, 0.2) is 5.69 Å². The average molecular weight is 277 g/mol. The first kappa shape index (κ1) is 13.5. The van der Waals surface area contributed by atoms with Gasteiger partial charge in [0.2, 0.25) is 0 Å². The van der Waals surface area contributed by atoms with Gasteiger partial charge in [0.25, 0.3) is 0 Å². The number of nitrogens with zero attached hydrogens (tertiary/aromatic N) is 2. The molecule has 2 aliphatic rings. The molecule has 6 nitrogen and oxygen atoms in total. The van der Waals surface area contributed by atoms with Crippen molar-refractivity contribution in [3.8, 4) is 0 Å². The third-order valence-electron chi connectivity index (χ3n) is 3.71. The van der Waals surface area contributed by atoms with Crippen LogP contribution in [0.15, 0.2) is 0 Å². The Hall–Kier alpha value is -1.53. The Balaban J connectivity index is 2.00. The smallest absolute Gasteiger partial charge is 0.357 e. The summed E-state index contributed by atoms with van der Waals surface area (Å²) in [7, 11) is 0. The summed E-state index contributed by atoms with van der Waals surface area (Å²) < 4.78 is 10.5. The fourth-order valence-corrected chi connectivity index (χ4v) is 2.65. The van der Waals surface area contributed by atoms with Crippen molar-refractivity contribution < 1.29 is 14.3 Å². The molecular weight excluding hydrogens is 258 g/mol. The second-order valence-electron chi connectivity index (χ2n) is 5.06. The van der Waals surface area contributed by atoms with E-state index < -0.39 is 0 Å². The van der Waals surface area contributed by atoms with Gasteiger partial charge in [-0.25, -0.2) is 14.8 Å². The van der Waals surface area contributed by atoms with Crippen molar-refractivity contribution in [2.24, 2.45) is 0 Å². The van der Waals surface area contributed by atoms with Crippen molar-refractivity contribution in [1.29, 1.82) is 0 Å². The zero-order valence-corrected chi connectivity index (χ0v) is 11.6. The van der Waals surface area contributed by atoms with Crippen molar-refractivity contribution >= 4 is 5.97 Å². The highest BCUT2D eigenvalue weighted by Crippen LogP contribution is 2.25. The van der Waals surface area contributed by atoms with Crippen LogP contribution in [0, 0.1) is 0 Å². The lowest BCUT2D eigenvalue weighted by molar-refractivity contribution is 0.0516. The van der Waals surface area contributed by atoms with Gasteiger partial charge in [-0.3, -0.25) is 0 Å². The maximum atomic E-state index is 12.1. The Labute approximate surface area is 117 Å². The van der Waals surface area contributed by atoms with Crippen LogP contribution in [0.3, 0.4) is 0 Å². The first-order chi connectivity index (χ1) is 9.79. The number of esters is 1. The second kappa shape index (κ2) is 5.85. The van der Waals surface area contributed by atoms with Gasteiger partial charge >= 0.3 is 5.97 Å². The van der Waals surface area contributed by atoms with Gasteiger partial charge in [0.1, 0.15) is 5.82 Å². The normalized spacial score (nSPS) is 21.6. The van der Waals surface area contributed by atoms with E-state index in [1.807, 2.05) is 0 Å². The van der Waals surface area contributed by atoms with Crippen LogP contribution in [0.2, 0.25) is 0 Å². The minimum absolute atomic E-state index is 0.198. The van der Waals surface area contributed by atoms with Gasteiger partial charge in [0.05, 0.1) is 18.9 Å². The molecule has 108 valence electrons. The summed E-state index contributed by atoms with van der Waals surface area (Å²) in [5.41, 5.74) is 2.28. The van der Waals surface area contributed by atoms with E-state index in [1.54, 1.807) is 6.92 Å². The lowest BCUT2D eigenvalue weighted by Crippen LogP contribution is -2.29. The van der Waals surface area contributed by atoms with Crippen LogP contribution in [-0.2, 0) is 22.4 Å². The number of rotatable bonds is 3. The Bertz CT molecular complexity index is 513. The molecule has 1 aromatic rings. The Morgan fingerprint density at radius 1 is 1.50 bits per heavy atom. The molecule has 3 rings (SSSR count). The fourth-order valence-electron chi connectivity index (χ4n) is 2.65. The summed E-state index contributed by atoms with van der Waals surface area (Å²) in [6, 6.07) is 0. The third kappa shape index (κ3) is 2.53. The van der Waals surface area contributed by atoms with E-state index in [2.05, 4.69) is 15.3 Å². The first-order valence-corrected chi connectivity index (χ1v) is 7.15. The van der Waals surface area contributed by atoms with Crippen LogP contribution in [0.25, 0.3) is 0 Å². The molecular formula is C14H19N3O3. The van der Waals surface area contributed by atoms with Gasteiger partial charge in [-0.2, -0.15) is 0 Å². The molecule has 0 bridgehead atoms. The van der Waals surface area contributed by atoms with Crippen molar-refractivity contribution in [3.63, 3.8) is 0 Å². The van der Waals surface area contributed by atoms with Crippen molar-refractivity contribution in [1.82, 2.24) is 15.3 Å². The highest BCUT2D eigenvalue weighted by molar-refractivity contribution is 5.89. The predicted molar refractivity (Wildman–Crippen MR) is 71.6 cm³/mol. The lowest BCUT2D eigenvalue weighted by Gasteiger charge is -2.20. The van der Waals surface area contributed by atoms with E-state index in [0.29, 0.717) is 25.5 Å². The molecule has 0 amide bonds. The molecule has 1 N–H and O–H groups in total. The van der Waals surface area contributed by atoms with E-state index in [1.165, 1.54) is 0 Å². The number of hydrogen-bond acceptors (Lipinski definition) is 6. The molecule has 2 aliphatic heterocycles. The summed E-state index contributed by atoms with van der Waals surface area (Å²) in [5.74, 6) is 0.574. The van der Waals surface area contributed by atoms with E-state index in [0.717, 1.165) is 43.1 Å². The van der Waals surface area contributed by atoms with Crippen molar-refractivity contribution in [3.05, 3.63) is 22.8 Å². The van der Waals surface area contributed by atoms with E-state index in [4.69, 9.17) is 9.47 Å². The third-order valence-corrected chi connectivity index (χ3v) is 3.71. The van der Waals surface area contributed by atoms with Crippen molar-refractivity contribution in [2.75, 3.05) is 26.4 Å². The molecule has 0 aromatic carbocycles. The van der Waals surface area contributed by atoms with Crippen LogP contribution >= 0.6 is 0 Å². The monoisotopic (exact) mass is 277 g/mol. The Kier molecular flexibility index (Phi) is 3.93. The van der Waals surface area contributed by atoms with Crippen LogP contribution < -0.4 is 5.32 Å². The SMILES string of the molecule is CCOC(=O)c1nc(C2CCOC2)nc2c1CNCC2. The maximum Gasteiger partial charge on any atom is 0.357 e. The molecule has 20 heavy (non-hydrogen) atoms. The molecule has 1 fully saturated rings. The van der Waals surface area contributed by atoms with Gasteiger partial charge in [-0.15, -0.1) is 0 Å². The molecule has 1 unspecified atom stereocenters. The number of fused-ring (bicyclic) bond motifs is 1. The van der Waals surface area contributed by atoms with E-state index >= 15 is 0 Å². The zero-order chi connectivity index (χ0) is 13.9. The Morgan fingerprint density at radius 2 is 2.40 bits per heavy atom. The minimum Gasteiger partial charge on any atom is -0.461 e. The molecule has 0 radical (unpaired) electrons. The summed E-state index contributed by atoms with van der Waals surface area (Å²) in [6.07, 6.45) is 1.74. The Morgan fingerprint density at radius 3 is 3.15 bits per heavy atom. The van der Waals surface area contributed by atoms with Crippen LogP contribution in [0.1, 0.15) is 46.8 Å². The van der Waals surface area contributed by atoms with Gasteiger partial charge in [0, 0.05) is 37.6 Å². The highest BCUT2D eigenvalue weighted by atomic mass is 16.5. The van der Waals surface area contributed by atoms with Crippen LogP contribution in [0.5, 0.6) is 0 Å². The summed E-state index contributed by atoms with van der Waals surface area (Å²) in [6.45, 7) is 5.04. The molecule has 6 heteroatoms. The minimum atomic E-state index is -0.352. The largest absolute Gasteiger partial charge is 0.461 e. The van der Waals surface area contributed by atoms with Crippen LogP contribution in [-0.4, -0.2) is 42.3 Å². The van der Waals surface area contributed by atoms with E-state index in [-0.39, 0.29) is 11.9 Å². The molecule has 1 saturated heterocycles. The predicted octanol–water partition coefficient (Wildman–Crippen LogP) is 0.803. The quantitative estimate of drug-likeness (QED) is 0.824. The number of hydrogen-bond donors (Lipinski definition) is 1. The lowest BCUT2D eigenvalue weighted by atomic mass is 10.0. The van der Waals surface area contributed by atoms with Crippen LogP contribution in [0.4, 0.5) is 0 Å². The van der Waals surface area contributed by atoms with E-state index in [9.17, 15) is 4.79 Å². The summed E-state index contributed by atoms with van der Waals surface area (Å²) in [5, 5.41) is 3.25.